The Balaban J connectivity index is 1.61. The standard InChI is InChI=1S/C15H20N4O/c16-12-8-4-5-9-13(12)20-10-14-17-15(19-18-14)11-6-2-1-3-7-11/h4-5,8-9,11H,1-3,6-7,10,16H2,(H,17,18,19). The Morgan fingerprint density at radius 3 is 2.80 bits per heavy atom. The number of ether oxygens (including phenoxy) is 1. The number of aromatic nitrogens is 3. The van der Waals surface area contributed by atoms with Crippen molar-refractivity contribution in [1.82, 2.24) is 15.2 Å². The number of para-hydroxylation sites is 2. The van der Waals surface area contributed by atoms with Crippen molar-refractivity contribution < 1.29 is 4.74 Å². The van der Waals surface area contributed by atoms with E-state index in [2.05, 4.69) is 15.2 Å². The number of rotatable bonds is 4. The van der Waals surface area contributed by atoms with Gasteiger partial charge in [-0.2, -0.15) is 5.10 Å². The minimum Gasteiger partial charge on any atom is -0.483 e. The van der Waals surface area contributed by atoms with Crippen molar-refractivity contribution in [3.8, 4) is 5.75 Å². The van der Waals surface area contributed by atoms with Gasteiger partial charge in [-0.15, -0.1) is 0 Å². The number of anilines is 1. The van der Waals surface area contributed by atoms with Crippen LogP contribution in [-0.4, -0.2) is 15.2 Å². The highest BCUT2D eigenvalue weighted by atomic mass is 16.5. The Morgan fingerprint density at radius 2 is 2.00 bits per heavy atom. The summed E-state index contributed by atoms with van der Waals surface area (Å²) >= 11 is 0. The van der Waals surface area contributed by atoms with Gasteiger partial charge in [-0.1, -0.05) is 31.4 Å². The van der Waals surface area contributed by atoms with E-state index in [-0.39, 0.29) is 0 Å². The molecule has 3 N–H and O–H groups in total. The second-order valence-electron chi connectivity index (χ2n) is 5.30. The monoisotopic (exact) mass is 272 g/mol. The number of nitrogen functional groups attached to an aromatic ring is 1. The van der Waals surface area contributed by atoms with Crippen molar-refractivity contribution in [2.45, 2.75) is 44.6 Å². The van der Waals surface area contributed by atoms with E-state index in [9.17, 15) is 0 Å². The van der Waals surface area contributed by atoms with Gasteiger partial charge < -0.3 is 10.5 Å². The van der Waals surface area contributed by atoms with Crippen LogP contribution in [0.3, 0.4) is 0 Å². The zero-order valence-corrected chi connectivity index (χ0v) is 11.5. The Bertz CT molecular complexity index is 561. The summed E-state index contributed by atoms with van der Waals surface area (Å²) in [6.07, 6.45) is 6.30. The minimum absolute atomic E-state index is 0.369. The number of nitrogens with two attached hydrogens (primary N) is 1. The summed E-state index contributed by atoms with van der Waals surface area (Å²) in [6.45, 7) is 0.369. The number of nitrogens with one attached hydrogen (secondary N) is 1. The first-order valence-electron chi connectivity index (χ1n) is 7.21. The largest absolute Gasteiger partial charge is 0.483 e. The van der Waals surface area contributed by atoms with E-state index in [1.807, 2.05) is 24.3 Å². The fourth-order valence-corrected chi connectivity index (χ4v) is 2.68. The lowest BCUT2D eigenvalue weighted by Gasteiger charge is -2.18. The van der Waals surface area contributed by atoms with E-state index in [1.54, 1.807) is 0 Å². The molecule has 0 radical (unpaired) electrons. The number of hydrogen-bond donors (Lipinski definition) is 2. The van der Waals surface area contributed by atoms with Gasteiger partial charge in [-0.3, -0.25) is 5.10 Å². The molecular weight excluding hydrogens is 252 g/mol. The van der Waals surface area contributed by atoms with Gasteiger partial charge in [0.15, 0.2) is 11.6 Å². The van der Waals surface area contributed by atoms with Crippen molar-refractivity contribution in [1.29, 1.82) is 0 Å². The van der Waals surface area contributed by atoms with Gasteiger partial charge in [0.25, 0.3) is 0 Å². The summed E-state index contributed by atoms with van der Waals surface area (Å²) in [5, 5.41) is 7.29. The van der Waals surface area contributed by atoms with Crippen LogP contribution in [0.15, 0.2) is 24.3 Å². The minimum atomic E-state index is 0.369. The molecule has 1 fully saturated rings. The lowest BCUT2D eigenvalue weighted by Crippen LogP contribution is -2.06. The molecule has 20 heavy (non-hydrogen) atoms. The van der Waals surface area contributed by atoms with Crippen LogP contribution in [-0.2, 0) is 6.61 Å². The molecule has 0 unspecified atom stereocenters. The molecule has 1 heterocycles. The third kappa shape index (κ3) is 2.92. The first kappa shape index (κ1) is 13.0. The van der Waals surface area contributed by atoms with Crippen LogP contribution in [0.25, 0.3) is 0 Å². The van der Waals surface area contributed by atoms with Crippen molar-refractivity contribution in [2.24, 2.45) is 0 Å². The van der Waals surface area contributed by atoms with Crippen molar-refractivity contribution in [2.75, 3.05) is 5.73 Å². The van der Waals surface area contributed by atoms with Gasteiger partial charge in [-0.05, 0) is 25.0 Å². The van der Waals surface area contributed by atoms with Crippen LogP contribution in [0.1, 0.15) is 49.7 Å². The number of nitrogens with zero attached hydrogens (tertiary/aromatic N) is 2. The van der Waals surface area contributed by atoms with E-state index >= 15 is 0 Å². The first-order valence-corrected chi connectivity index (χ1v) is 7.21. The average molecular weight is 272 g/mol. The van der Waals surface area contributed by atoms with Crippen molar-refractivity contribution >= 4 is 5.69 Å². The second-order valence-corrected chi connectivity index (χ2v) is 5.30. The van der Waals surface area contributed by atoms with Crippen LogP contribution in [0.4, 0.5) is 5.69 Å². The zero-order chi connectivity index (χ0) is 13.8. The highest BCUT2D eigenvalue weighted by Crippen LogP contribution is 2.30. The quantitative estimate of drug-likeness (QED) is 0.839. The Morgan fingerprint density at radius 1 is 1.20 bits per heavy atom. The van der Waals surface area contributed by atoms with Gasteiger partial charge in [0.05, 0.1) is 5.69 Å². The molecule has 5 nitrogen and oxygen atoms in total. The molecule has 2 aromatic rings. The molecule has 0 bridgehead atoms. The molecular formula is C15H20N4O. The SMILES string of the molecule is Nc1ccccc1OCc1nc(C2CCCCC2)n[nH]1. The highest BCUT2D eigenvalue weighted by Gasteiger charge is 2.19. The van der Waals surface area contributed by atoms with E-state index in [4.69, 9.17) is 10.5 Å². The molecule has 1 aromatic carbocycles. The number of aromatic amines is 1. The molecule has 0 amide bonds. The number of hydrogen-bond acceptors (Lipinski definition) is 4. The van der Waals surface area contributed by atoms with E-state index in [1.165, 1.54) is 32.1 Å². The van der Waals surface area contributed by atoms with Crippen molar-refractivity contribution in [3.05, 3.63) is 35.9 Å². The van der Waals surface area contributed by atoms with E-state index in [0.29, 0.717) is 24.0 Å². The molecule has 0 spiro atoms. The normalized spacial score (nSPS) is 16.2. The van der Waals surface area contributed by atoms with E-state index in [0.717, 1.165) is 11.6 Å². The molecule has 5 heteroatoms. The topological polar surface area (TPSA) is 76.8 Å². The number of H-pyrrole nitrogens is 1. The molecule has 0 saturated heterocycles. The molecule has 106 valence electrons. The summed E-state index contributed by atoms with van der Waals surface area (Å²) in [7, 11) is 0. The number of benzene rings is 1. The van der Waals surface area contributed by atoms with Gasteiger partial charge in [0, 0.05) is 5.92 Å². The lowest BCUT2D eigenvalue weighted by molar-refractivity contribution is 0.298. The summed E-state index contributed by atoms with van der Waals surface area (Å²) in [5.74, 6) is 2.89. The third-order valence-corrected chi connectivity index (χ3v) is 3.80. The van der Waals surface area contributed by atoms with Crippen LogP contribution in [0.5, 0.6) is 5.75 Å². The molecule has 1 aliphatic carbocycles. The van der Waals surface area contributed by atoms with Gasteiger partial charge in [0.2, 0.25) is 0 Å². The highest BCUT2D eigenvalue weighted by molar-refractivity contribution is 5.51. The predicted molar refractivity (Wildman–Crippen MR) is 77.4 cm³/mol. The maximum absolute atomic E-state index is 5.84. The Labute approximate surface area is 118 Å². The summed E-state index contributed by atoms with van der Waals surface area (Å²) < 4.78 is 5.66. The molecule has 1 aliphatic rings. The second kappa shape index (κ2) is 5.94. The van der Waals surface area contributed by atoms with Crippen LogP contribution in [0.2, 0.25) is 0 Å². The summed E-state index contributed by atoms with van der Waals surface area (Å²) in [5.41, 5.74) is 6.47. The predicted octanol–water partition coefficient (Wildman–Crippen LogP) is 3.01. The lowest BCUT2D eigenvalue weighted by atomic mass is 9.89. The zero-order valence-electron chi connectivity index (χ0n) is 11.5. The third-order valence-electron chi connectivity index (χ3n) is 3.80. The average Bonchev–Trinajstić information content (AvgIpc) is 2.96. The van der Waals surface area contributed by atoms with Crippen LogP contribution >= 0.6 is 0 Å². The van der Waals surface area contributed by atoms with Gasteiger partial charge >= 0.3 is 0 Å². The van der Waals surface area contributed by atoms with Gasteiger partial charge in [0.1, 0.15) is 12.4 Å². The molecule has 0 atom stereocenters. The molecule has 3 rings (SSSR count). The first-order chi connectivity index (χ1) is 9.83. The van der Waals surface area contributed by atoms with Crippen LogP contribution in [0, 0.1) is 0 Å². The Kier molecular flexibility index (Phi) is 3.85. The molecule has 1 saturated carbocycles. The van der Waals surface area contributed by atoms with Crippen molar-refractivity contribution in [3.63, 3.8) is 0 Å². The van der Waals surface area contributed by atoms with E-state index < -0.39 is 0 Å². The summed E-state index contributed by atoms with van der Waals surface area (Å²) in [4.78, 5) is 4.55. The molecule has 0 aliphatic heterocycles. The van der Waals surface area contributed by atoms with Gasteiger partial charge in [-0.25, -0.2) is 4.98 Å². The summed E-state index contributed by atoms with van der Waals surface area (Å²) in [6, 6.07) is 7.47. The fraction of sp³-hybridized carbons (Fsp3) is 0.467. The molecule has 1 aromatic heterocycles. The maximum Gasteiger partial charge on any atom is 0.162 e. The van der Waals surface area contributed by atoms with Crippen LogP contribution < -0.4 is 10.5 Å². The maximum atomic E-state index is 5.84. The fourth-order valence-electron chi connectivity index (χ4n) is 2.68. The Hall–Kier alpha value is -2.04. The smallest absolute Gasteiger partial charge is 0.162 e.